The van der Waals surface area contributed by atoms with Gasteiger partial charge in [-0.3, -0.25) is 4.90 Å². The van der Waals surface area contributed by atoms with Gasteiger partial charge in [-0.05, 0) is 45.4 Å². The Labute approximate surface area is 114 Å². The van der Waals surface area contributed by atoms with Crippen LogP contribution in [0.25, 0.3) is 5.52 Å². The first-order valence-corrected chi connectivity index (χ1v) is 7.12. The number of nitrogen functional groups attached to an aromatic ring is 1. The number of imidazole rings is 1. The third-order valence-electron chi connectivity index (χ3n) is 4.13. The van der Waals surface area contributed by atoms with E-state index in [-0.39, 0.29) is 0 Å². The fraction of sp³-hybridized carbons (Fsp3) is 0.533. The maximum Gasteiger partial charge on any atom is 0.114 e. The predicted octanol–water partition coefficient (Wildman–Crippen LogP) is 2.33. The molecule has 102 valence electrons. The van der Waals surface area contributed by atoms with Gasteiger partial charge in [-0.1, -0.05) is 0 Å². The summed E-state index contributed by atoms with van der Waals surface area (Å²) in [5.41, 5.74) is 7.79. The van der Waals surface area contributed by atoms with Gasteiger partial charge in [0, 0.05) is 30.4 Å². The second-order valence-corrected chi connectivity index (χ2v) is 5.76. The Morgan fingerprint density at radius 3 is 3.05 bits per heavy atom. The molecule has 4 nitrogen and oxygen atoms in total. The first-order chi connectivity index (χ1) is 9.15. The van der Waals surface area contributed by atoms with Crippen LogP contribution < -0.4 is 5.73 Å². The molecule has 3 heterocycles. The second-order valence-electron chi connectivity index (χ2n) is 5.76. The molecule has 2 N–H and O–H groups in total. The number of likely N-dealkylation sites (tertiary alicyclic amines) is 1. The molecule has 2 aromatic rings. The third-order valence-corrected chi connectivity index (χ3v) is 4.13. The van der Waals surface area contributed by atoms with Crippen LogP contribution in [0.1, 0.15) is 32.5 Å². The van der Waals surface area contributed by atoms with Crippen LogP contribution >= 0.6 is 0 Å². The van der Waals surface area contributed by atoms with E-state index in [1.165, 1.54) is 19.4 Å². The number of anilines is 1. The molecule has 4 heteroatoms. The van der Waals surface area contributed by atoms with Crippen LogP contribution in [0.4, 0.5) is 5.69 Å². The average molecular weight is 258 g/mol. The maximum absolute atomic E-state index is 5.88. The second kappa shape index (κ2) is 4.85. The van der Waals surface area contributed by atoms with Crippen LogP contribution in [0.15, 0.2) is 24.5 Å². The Morgan fingerprint density at radius 2 is 2.26 bits per heavy atom. The topological polar surface area (TPSA) is 46.6 Å². The van der Waals surface area contributed by atoms with E-state index in [1.807, 2.05) is 24.5 Å². The van der Waals surface area contributed by atoms with Gasteiger partial charge in [0.2, 0.25) is 0 Å². The number of hydrogen-bond donors (Lipinski definition) is 1. The summed E-state index contributed by atoms with van der Waals surface area (Å²) in [6.07, 6.45) is 7.50. The van der Waals surface area contributed by atoms with E-state index in [9.17, 15) is 0 Å². The normalized spacial score (nSPS) is 20.7. The molecule has 0 aliphatic carbocycles. The summed E-state index contributed by atoms with van der Waals surface area (Å²) in [5, 5.41) is 0. The van der Waals surface area contributed by atoms with Gasteiger partial charge in [0.05, 0.1) is 11.7 Å². The minimum Gasteiger partial charge on any atom is -0.398 e. The van der Waals surface area contributed by atoms with Crippen LogP contribution in [-0.2, 0) is 6.42 Å². The lowest BCUT2D eigenvalue weighted by Gasteiger charge is -2.27. The molecule has 1 unspecified atom stereocenters. The van der Waals surface area contributed by atoms with Gasteiger partial charge in [-0.25, -0.2) is 4.98 Å². The molecule has 1 saturated heterocycles. The molecular formula is C15H22N4. The van der Waals surface area contributed by atoms with Crippen molar-refractivity contribution in [2.75, 3.05) is 12.3 Å². The summed E-state index contributed by atoms with van der Waals surface area (Å²) < 4.78 is 2.13. The van der Waals surface area contributed by atoms with E-state index >= 15 is 0 Å². The maximum atomic E-state index is 5.88. The van der Waals surface area contributed by atoms with E-state index < -0.39 is 0 Å². The van der Waals surface area contributed by atoms with Gasteiger partial charge >= 0.3 is 0 Å². The summed E-state index contributed by atoms with van der Waals surface area (Å²) in [6, 6.07) is 5.19. The zero-order chi connectivity index (χ0) is 13.4. The number of nitrogens with zero attached hydrogens (tertiary/aromatic N) is 3. The number of pyridine rings is 1. The van der Waals surface area contributed by atoms with E-state index in [2.05, 4.69) is 28.1 Å². The van der Waals surface area contributed by atoms with Crippen molar-refractivity contribution < 1.29 is 0 Å². The average Bonchev–Trinajstić information content (AvgIpc) is 2.97. The van der Waals surface area contributed by atoms with Gasteiger partial charge in [0.15, 0.2) is 0 Å². The predicted molar refractivity (Wildman–Crippen MR) is 78.2 cm³/mol. The molecule has 19 heavy (non-hydrogen) atoms. The van der Waals surface area contributed by atoms with Crippen molar-refractivity contribution in [1.29, 1.82) is 0 Å². The van der Waals surface area contributed by atoms with E-state index in [0.717, 1.165) is 23.4 Å². The fourth-order valence-corrected chi connectivity index (χ4v) is 3.18. The summed E-state index contributed by atoms with van der Waals surface area (Å²) in [7, 11) is 0. The highest BCUT2D eigenvalue weighted by Gasteiger charge is 2.27. The Bertz CT molecular complexity index is 573. The summed E-state index contributed by atoms with van der Waals surface area (Å²) in [5.74, 6) is 1.12. The van der Waals surface area contributed by atoms with E-state index in [0.29, 0.717) is 12.1 Å². The van der Waals surface area contributed by atoms with Crippen LogP contribution in [0.2, 0.25) is 0 Å². The largest absolute Gasteiger partial charge is 0.398 e. The van der Waals surface area contributed by atoms with Crippen molar-refractivity contribution in [2.24, 2.45) is 0 Å². The number of aromatic nitrogens is 2. The number of fused-ring (bicyclic) bond motifs is 1. The third kappa shape index (κ3) is 2.32. The first-order valence-electron chi connectivity index (χ1n) is 7.12. The lowest BCUT2D eigenvalue weighted by Crippen LogP contribution is -2.37. The Hall–Kier alpha value is -1.55. The number of nitrogens with two attached hydrogens (primary N) is 1. The molecule has 0 saturated carbocycles. The van der Waals surface area contributed by atoms with Gasteiger partial charge in [-0.15, -0.1) is 0 Å². The van der Waals surface area contributed by atoms with Crippen molar-refractivity contribution in [1.82, 2.24) is 14.3 Å². The quantitative estimate of drug-likeness (QED) is 0.919. The van der Waals surface area contributed by atoms with Crippen molar-refractivity contribution in [2.45, 2.75) is 45.2 Å². The minimum atomic E-state index is 0.615. The lowest BCUT2D eigenvalue weighted by atomic mass is 10.1. The molecule has 1 aliphatic heterocycles. The minimum absolute atomic E-state index is 0.615. The number of hydrogen-bond acceptors (Lipinski definition) is 3. The molecule has 0 spiro atoms. The zero-order valence-electron chi connectivity index (χ0n) is 11.7. The highest BCUT2D eigenvalue weighted by molar-refractivity contribution is 5.52. The lowest BCUT2D eigenvalue weighted by molar-refractivity contribution is 0.201. The van der Waals surface area contributed by atoms with E-state index in [1.54, 1.807) is 0 Å². The van der Waals surface area contributed by atoms with Crippen LogP contribution in [-0.4, -0.2) is 32.9 Å². The molecule has 0 bridgehead atoms. The molecule has 0 amide bonds. The molecule has 1 atom stereocenters. The monoisotopic (exact) mass is 258 g/mol. The Kier molecular flexibility index (Phi) is 3.19. The summed E-state index contributed by atoms with van der Waals surface area (Å²) in [6.45, 7) is 5.77. The first kappa shape index (κ1) is 12.5. The highest BCUT2D eigenvalue weighted by Crippen LogP contribution is 2.23. The Balaban J connectivity index is 1.87. The zero-order valence-corrected chi connectivity index (χ0v) is 11.7. The van der Waals surface area contributed by atoms with Crippen LogP contribution in [0.3, 0.4) is 0 Å². The summed E-state index contributed by atoms with van der Waals surface area (Å²) in [4.78, 5) is 7.17. The van der Waals surface area contributed by atoms with Crippen molar-refractivity contribution in [3.8, 4) is 0 Å². The van der Waals surface area contributed by atoms with E-state index in [4.69, 9.17) is 5.73 Å². The van der Waals surface area contributed by atoms with Crippen molar-refractivity contribution >= 4 is 11.2 Å². The SMILES string of the molecule is CC(C)N1CCCC1Cc1ncc2ccc(N)cn12. The van der Waals surface area contributed by atoms with Crippen LogP contribution in [0.5, 0.6) is 0 Å². The fourth-order valence-electron chi connectivity index (χ4n) is 3.18. The van der Waals surface area contributed by atoms with Crippen molar-refractivity contribution in [3.63, 3.8) is 0 Å². The van der Waals surface area contributed by atoms with Crippen LogP contribution in [0, 0.1) is 0 Å². The molecule has 1 aliphatic rings. The molecular weight excluding hydrogens is 236 g/mol. The van der Waals surface area contributed by atoms with Gasteiger partial charge < -0.3 is 10.1 Å². The molecule has 1 fully saturated rings. The smallest absolute Gasteiger partial charge is 0.114 e. The summed E-state index contributed by atoms with van der Waals surface area (Å²) >= 11 is 0. The standard InChI is InChI=1S/C15H22N4/c1-11(2)18-7-3-4-13(18)8-15-17-9-14-6-5-12(16)10-19(14)15/h5-6,9-11,13H,3-4,7-8,16H2,1-2H3. The Morgan fingerprint density at radius 1 is 1.42 bits per heavy atom. The highest BCUT2D eigenvalue weighted by atomic mass is 15.2. The van der Waals surface area contributed by atoms with Gasteiger partial charge in [-0.2, -0.15) is 0 Å². The molecule has 0 aromatic carbocycles. The molecule has 0 radical (unpaired) electrons. The van der Waals surface area contributed by atoms with Crippen molar-refractivity contribution in [3.05, 3.63) is 30.4 Å². The molecule has 3 rings (SSSR count). The van der Waals surface area contributed by atoms with Gasteiger partial charge in [0.1, 0.15) is 5.82 Å². The molecule has 2 aromatic heterocycles. The number of rotatable bonds is 3. The van der Waals surface area contributed by atoms with Gasteiger partial charge in [0.25, 0.3) is 0 Å².